The summed E-state index contributed by atoms with van der Waals surface area (Å²) in [7, 11) is 0. The Morgan fingerprint density at radius 3 is 1.39 bits per heavy atom. The number of ether oxygens (including phenoxy) is 2. The molecule has 0 aliphatic carbocycles. The van der Waals surface area contributed by atoms with Gasteiger partial charge in [-0.2, -0.15) is 0 Å². The fourth-order valence-corrected chi connectivity index (χ4v) is 3.54. The van der Waals surface area contributed by atoms with Crippen molar-refractivity contribution in [2.45, 2.75) is 59.8 Å². The van der Waals surface area contributed by atoms with Crippen LogP contribution in [0.25, 0.3) is 0 Å². The van der Waals surface area contributed by atoms with E-state index in [0.29, 0.717) is 24.3 Å². The van der Waals surface area contributed by atoms with Gasteiger partial charge in [0.05, 0.1) is 0 Å². The summed E-state index contributed by atoms with van der Waals surface area (Å²) < 4.78 is 10.8. The molecule has 31 heavy (non-hydrogen) atoms. The molecule has 0 aromatic heterocycles. The fraction of sp³-hybridized carbons (Fsp3) is 0.333. The average Bonchev–Trinajstić information content (AvgIpc) is 2.62. The predicted molar refractivity (Wildman–Crippen MR) is 125 cm³/mol. The number of hydrogen-bond acceptors (Lipinski definition) is 4. The molecule has 0 atom stereocenters. The molecular weight excluding hydrogens is 388 g/mol. The minimum absolute atomic E-state index is 0.336. The van der Waals surface area contributed by atoms with Crippen molar-refractivity contribution in [3.63, 3.8) is 0 Å². The highest BCUT2D eigenvalue weighted by molar-refractivity contribution is 5.70. The van der Waals surface area contributed by atoms with Crippen molar-refractivity contribution in [1.82, 2.24) is 0 Å². The van der Waals surface area contributed by atoms with Crippen molar-refractivity contribution < 1.29 is 19.1 Å². The van der Waals surface area contributed by atoms with Crippen LogP contribution in [0.1, 0.15) is 63.8 Å². The third kappa shape index (κ3) is 6.42. The van der Waals surface area contributed by atoms with E-state index in [4.69, 9.17) is 9.47 Å². The zero-order valence-corrected chi connectivity index (χ0v) is 19.4. The van der Waals surface area contributed by atoms with Gasteiger partial charge >= 0.3 is 11.9 Å². The second kappa shape index (κ2) is 9.78. The predicted octanol–water partition coefficient (Wildman–Crippen LogP) is 6.10. The molecule has 0 saturated heterocycles. The van der Waals surface area contributed by atoms with Crippen molar-refractivity contribution in [3.05, 3.63) is 83.0 Å². The molecule has 0 unspecified atom stereocenters. The lowest BCUT2D eigenvalue weighted by molar-refractivity contribution is -0.132. The van der Waals surface area contributed by atoms with Crippen LogP contribution >= 0.6 is 0 Å². The Balaban J connectivity index is 2.54. The van der Waals surface area contributed by atoms with Gasteiger partial charge < -0.3 is 9.47 Å². The molecule has 0 saturated carbocycles. The first kappa shape index (κ1) is 24.1. The van der Waals surface area contributed by atoms with E-state index in [1.54, 1.807) is 0 Å². The summed E-state index contributed by atoms with van der Waals surface area (Å²) in [5.41, 5.74) is 5.65. The standard InChI is InChI=1S/C27H32O4/c1-17(2)13-21-15-23(9-11-25(21)30-19(5)28)27(7,8)24-10-12-26(31-20(6)29)22(16-24)14-18(3)4/h9-12,15-16H,1,3,13-14H2,2,4-8H3. The molecule has 0 aliphatic heterocycles. The lowest BCUT2D eigenvalue weighted by atomic mass is 9.76. The lowest BCUT2D eigenvalue weighted by Crippen LogP contribution is -2.20. The van der Waals surface area contributed by atoms with Crippen molar-refractivity contribution in [3.8, 4) is 11.5 Å². The molecule has 0 bridgehead atoms. The van der Waals surface area contributed by atoms with Gasteiger partial charge in [0.2, 0.25) is 0 Å². The van der Waals surface area contributed by atoms with E-state index in [1.165, 1.54) is 13.8 Å². The Labute approximate surface area is 185 Å². The second-order valence-electron chi connectivity index (χ2n) is 8.73. The third-order valence-electron chi connectivity index (χ3n) is 5.06. The summed E-state index contributed by atoms with van der Waals surface area (Å²) in [6, 6.07) is 11.8. The van der Waals surface area contributed by atoms with Gasteiger partial charge in [0.1, 0.15) is 11.5 Å². The van der Waals surface area contributed by atoms with E-state index in [-0.39, 0.29) is 17.4 Å². The molecule has 0 fully saturated rings. The van der Waals surface area contributed by atoms with Gasteiger partial charge in [0.25, 0.3) is 0 Å². The molecule has 0 aliphatic rings. The Morgan fingerprint density at radius 1 is 0.742 bits per heavy atom. The molecular formula is C27H32O4. The number of carbonyl (C=O) groups excluding carboxylic acids is 2. The van der Waals surface area contributed by atoms with Gasteiger partial charge in [0.15, 0.2) is 0 Å². The zero-order chi connectivity index (χ0) is 23.3. The SMILES string of the molecule is C=C(C)Cc1cc(C(C)(C)c2ccc(OC(C)=O)c(CC(=C)C)c2)ccc1OC(C)=O. The van der Waals surface area contributed by atoms with Gasteiger partial charge in [-0.05, 0) is 61.1 Å². The topological polar surface area (TPSA) is 52.6 Å². The first-order valence-corrected chi connectivity index (χ1v) is 10.3. The van der Waals surface area contributed by atoms with Crippen LogP contribution in [0.4, 0.5) is 0 Å². The molecule has 0 N–H and O–H groups in total. The molecule has 4 nitrogen and oxygen atoms in total. The lowest BCUT2D eigenvalue weighted by Gasteiger charge is -2.28. The van der Waals surface area contributed by atoms with Crippen molar-refractivity contribution >= 4 is 11.9 Å². The molecule has 0 amide bonds. The number of carbonyl (C=O) groups is 2. The monoisotopic (exact) mass is 420 g/mol. The minimum atomic E-state index is -0.347. The van der Waals surface area contributed by atoms with E-state index in [1.807, 2.05) is 38.1 Å². The van der Waals surface area contributed by atoms with Crippen LogP contribution in [-0.4, -0.2) is 11.9 Å². The summed E-state index contributed by atoms with van der Waals surface area (Å²) in [5.74, 6) is 0.424. The normalized spacial score (nSPS) is 11.0. The summed E-state index contributed by atoms with van der Waals surface area (Å²) in [6.07, 6.45) is 1.25. The number of esters is 2. The Kier molecular flexibility index (Phi) is 7.61. The van der Waals surface area contributed by atoms with Gasteiger partial charge in [-0.15, -0.1) is 0 Å². The molecule has 0 radical (unpaired) electrons. The molecule has 2 aromatic carbocycles. The fourth-order valence-electron chi connectivity index (χ4n) is 3.54. The Morgan fingerprint density at radius 2 is 1.10 bits per heavy atom. The van der Waals surface area contributed by atoms with E-state index in [2.05, 4.69) is 39.1 Å². The maximum absolute atomic E-state index is 11.5. The van der Waals surface area contributed by atoms with Crippen LogP contribution in [-0.2, 0) is 27.8 Å². The second-order valence-corrected chi connectivity index (χ2v) is 8.73. The van der Waals surface area contributed by atoms with Gasteiger partial charge in [0, 0.05) is 19.3 Å². The molecule has 2 aromatic rings. The Hall–Kier alpha value is -3.14. The van der Waals surface area contributed by atoms with Crippen LogP contribution < -0.4 is 9.47 Å². The van der Waals surface area contributed by atoms with E-state index in [0.717, 1.165) is 33.4 Å². The van der Waals surface area contributed by atoms with Gasteiger partial charge in [-0.3, -0.25) is 9.59 Å². The number of hydrogen-bond donors (Lipinski definition) is 0. The minimum Gasteiger partial charge on any atom is -0.426 e. The van der Waals surface area contributed by atoms with Crippen LogP contribution in [0.5, 0.6) is 11.5 Å². The maximum atomic E-state index is 11.5. The van der Waals surface area contributed by atoms with E-state index in [9.17, 15) is 9.59 Å². The highest BCUT2D eigenvalue weighted by Gasteiger charge is 2.26. The largest absolute Gasteiger partial charge is 0.426 e. The first-order valence-electron chi connectivity index (χ1n) is 10.3. The van der Waals surface area contributed by atoms with E-state index >= 15 is 0 Å². The Bertz CT molecular complexity index is 946. The van der Waals surface area contributed by atoms with Crippen LogP contribution in [0.15, 0.2) is 60.7 Å². The molecule has 4 heteroatoms. The van der Waals surface area contributed by atoms with Gasteiger partial charge in [-0.1, -0.05) is 62.4 Å². The van der Waals surface area contributed by atoms with Crippen LogP contribution in [0.3, 0.4) is 0 Å². The molecule has 2 rings (SSSR count). The quantitative estimate of drug-likeness (QED) is 0.294. The third-order valence-corrected chi connectivity index (χ3v) is 5.06. The van der Waals surface area contributed by atoms with Crippen molar-refractivity contribution in [1.29, 1.82) is 0 Å². The summed E-state index contributed by atoms with van der Waals surface area (Å²) in [4.78, 5) is 23.0. The van der Waals surface area contributed by atoms with Crippen molar-refractivity contribution in [2.75, 3.05) is 0 Å². The maximum Gasteiger partial charge on any atom is 0.308 e. The summed E-state index contributed by atoms with van der Waals surface area (Å²) in [5, 5.41) is 0. The first-order chi connectivity index (χ1) is 14.4. The summed E-state index contributed by atoms with van der Waals surface area (Å²) >= 11 is 0. The van der Waals surface area contributed by atoms with Crippen LogP contribution in [0.2, 0.25) is 0 Å². The summed E-state index contributed by atoms with van der Waals surface area (Å²) in [6.45, 7) is 19.0. The van der Waals surface area contributed by atoms with Gasteiger partial charge in [-0.25, -0.2) is 0 Å². The average molecular weight is 421 g/mol. The van der Waals surface area contributed by atoms with Crippen molar-refractivity contribution in [2.24, 2.45) is 0 Å². The van der Waals surface area contributed by atoms with Crippen LogP contribution in [0, 0.1) is 0 Å². The number of allylic oxidation sites excluding steroid dienone is 2. The zero-order valence-electron chi connectivity index (χ0n) is 19.4. The molecule has 164 valence electrons. The highest BCUT2D eigenvalue weighted by atomic mass is 16.5. The highest BCUT2D eigenvalue weighted by Crippen LogP contribution is 2.37. The number of benzene rings is 2. The van der Waals surface area contributed by atoms with E-state index < -0.39 is 0 Å². The smallest absolute Gasteiger partial charge is 0.308 e. The molecule has 0 spiro atoms. The molecule has 0 heterocycles. The number of rotatable bonds is 8.